The molecule has 0 unspecified atom stereocenters. The van der Waals surface area contributed by atoms with Crippen molar-refractivity contribution < 1.29 is 23.1 Å². The van der Waals surface area contributed by atoms with Crippen LogP contribution in [-0.4, -0.2) is 18.4 Å². The van der Waals surface area contributed by atoms with Gasteiger partial charge in [0.05, 0.1) is 12.1 Å². The first kappa shape index (κ1) is 19.0. The molecule has 7 heteroatoms. The lowest BCUT2D eigenvalue weighted by atomic mass is 10.2. The maximum atomic E-state index is 13.6. The summed E-state index contributed by atoms with van der Waals surface area (Å²) in [5.74, 6) is -1.79. The first-order chi connectivity index (χ1) is 13.5. The van der Waals surface area contributed by atoms with E-state index in [0.29, 0.717) is 23.3 Å². The molecule has 3 aromatic carbocycles. The molecule has 0 radical (unpaired) electrons. The highest BCUT2D eigenvalue weighted by atomic mass is 19.1. The Labute approximate surface area is 160 Å². The van der Waals surface area contributed by atoms with Gasteiger partial charge in [-0.25, -0.2) is 8.78 Å². The quantitative estimate of drug-likeness (QED) is 0.674. The number of hydrogen-bond donors (Lipinski definition) is 2. The molecule has 0 aliphatic carbocycles. The number of nitrogens with one attached hydrogen (secondary N) is 2. The molecule has 0 saturated heterocycles. The summed E-state index contributed by atoms with van der Waals surface area (Å²) in [5.41, 5.74) is 0.171. The first-order valence-electron chi connectivity index (χ1n) is 8.37. The molecule has 0 heterocycles. The van der Waals surface area contributed by atoms with Crippen molar-refractivity contribution in [1.82, 2.24) is 5.32 Å². The average molecular weight is 382 g/mol. The van der Waals surface area contributed by atoms with Gasteiger partial charge in [-0.15, -0.1) is 0 Å². The predicted molar refractivity (Wildman–Crippen MR) is 100 cm³/mol. The summed E-state index contributed by atoms with van der Waals surface area (Å²) >= 11 is 0. The topological polar surface area (TPSA) is 67.4 Å². The smallest absolute Gasteiger partial charge is 0.254 e. The van der Waals surface area contributed by atoms with Crippen LogP contribution in [0.15, 0.2) is 72.8 Å². The van der Waals surface area contributed by atoms with Gasteiger partial charge >= 0.3 is 0 Å². The van der Waals surface area contributed by atoms with Crippen molar-refractivity contribution in [2.75, 3.05) is 11.9 Å². The lowest BCUT2D eigenvalue weighted by Crippen LogP contribution is -2.33. The van der Waals surface area contributed by atoms with Gasteiger partial charge in [0.15, 0.2) is 0 Å². The Morgan fingerprint density at radius 3 is 2.21 bits per heavy atom. The minimum Gasteiger partial charge on any atom is -0.457 e. The number of carbonyl (C=O) groups excluding carboxylic acids is 2. The Kier molecular flexibility index (Phi) is 5.96. The van der Waals surface area contributed by atoms with Crippen LogP contribution in [-0.2, 0) is 4.79 Å². The minimum absolute atomic E-state index is 0.336. The Hall–Kier alpha value is -3.74. The summed E-state index contributed by atoms with van der Waals surface area (Å²) in [7, 11) is 0. The van der Waals surface area contributed by atoms with Gasteiger partial charge in [0, 0.05) is 11.8 Å². The van der Waals surface area contributed by atoms with Gasteiger partial charge in [0.1, 0.15) is 23.1 Å². The Morgan fingerprint density at radius 2 is 1.54 bits per heavy atom. The third-order valence-corrected chi connectivity index (χ3v) is 3.70. The second-order valence-electron chi connectivity index (χ2n) is 5.79. The van der Waals surface area contributed by atoms with Crippen LogP contribution in [0.2, 0.25) is 0 Å². The van der Waals surface area contributed by atoms with Crippen LogP contribution in [0.3, 0.4) is 0 Å². The second kappa shape index (κ2) is 8.77. The highest BCUT2D eigenvalue weighted by Crippen LogP contribution is 2.22. The molecule has 142 valence electrons. The fourth-order valence-corrected chi connectivity index (χ4v) is 2.37. The highest BCUT2D eigenvalue weighted by molar-refractivity contribution is 5.99. The van der Waals surface area contributed by atoms with E-state index in [1.54, 1.807) is 24.3 Å². The molecule has 0 aliphatic heterocycles. The summed E-state index contributed by atoms with van der Waals surface area (Å²) in [5, 5.41) is 4.89. The van der Waals surface area contributed by atoms with E-state index < -0.39 is 23.4 Å². The van der Waals surface area contributed by atoms with Crippen LogP contribution < -0.4 is 15.4 Å². The maximum absolute atomic E-state index is 13.6. The van der Waals surface area contributed by atoms with Crippen LogP contribution in [0, 0.1) is 11.6 Å². The van der Waals surface area contributed by atoms with Crippen molar-refractivity contribution in [3.8, 4) is 11.5 Å². The third-order valence-electron chi connectivity index (χ3n) is 3.70. The van der Waals surface area contributed by atoms with E-state index in [1.165, 1.54) is 0 Å². The fourth-order valence-electron chi connectivity index (χ4n) is 2.37. The van der Waals surface area contributed by atoms with E-state index in [1.807, 2.05) is 30.3 Å². The molecule has 5 nitrogen and oxygen atoms in total. The lowest BCUT2D eigenvalue weighted by molar-refractivity contribution is -0.115. The first-order valence-corrected chi connectivity index (χ1v) is 8.37. The largest absolute Gasteiger partial charge is 0.457 e. The molecule has 0 spiro atoms. The summed E-state index contributed by atoms with van der Waals surface area (Å²) in [6, 6.07) is 18.5. The van der Waals surface area contributed by atoms with Crippen LogP contribution in [0.4, 0.5) is 14.5 Å². The molecule has 0 saturated carbocycles. The molecular formula is C21H16F2N2O3. The molecule has 3 rings (SSSR count). The Morgan fingerprint density at radius 1 is 0.857 bits per heavy atom. The van der Waals surface area contributed by atoms with Gasteiger partial charge in [0.2, 0.25) is 5.91 Å². The minimum atomic E-state index is -0.994. The number of anilines is 1. The van der Waals surface area contributed by atoms with Gasteiger partial charge in [-0.2, -0.15) is 0 Å². The van der Waals surface area contributed by atoms with E-state index in [0.717, 1.165) is 12.1 Å². The van der Waals surface area contributed by atoms with Crippen molar-refractivity contribution in [2.24, 2.45) is 0 Å². The van der Waals surface area contributed by atoms with E-state index in [2.05, 4.69) is 10.6 Å². The van der Waals surface area contributed by atoms with E-state index in [4.69, 9.17) is 4.74 Å². The summed E-state index contributed by atoms with van der Waals surface area (Å²) in [4.78, 5) is 23.8. The van der Waals surface area contributed by atoms with Crippen molar-refractivity contribution in [3.63, 3.8) is 0 Å². The standard InChI is InChI=1S/C21H16F2N2O3/c22-14-6-11-18(19(23)12-14)21(27)24-13-20(26)25-15-7-9-17(10-8-15)28-16-4-2-1-3-5-16/h1-12H,13H2,(H,24,27)(H,25,26). The molecule has 2 amide bonds. The number of benzene rings is 3. The van der Waals surface area contributed by atoms with E-state index in [-0.39, 0.29) is 12.1 Å². The summed E-state index contributed by atoms with van der Waals surface area (Å²) < 4.78 is 32.1. The highest BCUT2D eigenvalue weighted by Gasteiger charge is 2.13. The monoisotopic (exact) mass is 382 g/mol. The van der Waals surface area contributed by atoms with Crippen LogP contribution in [0.25, 0.3) is 0 Å². The number of rotatable bonds is 6. The lowest BCUT2D eigenvalue weighted by Gasteiger charge is -2.09. The zero-order chi connectivity index (χ0) is 19.9. The Bertz CT molecular complexity index is 977. The van der Waals surface area contributed by atoms with Gasteiger partial charge in [-0.1, -0.05) is 18.2 Å². The molecular weight excluding hydrogens is 366 g/mol. The SMILES string of the molecule is O=C(CNC(=O)c1ccc(F)cc1F)Nc1ccc(Oc2ccccc2)cc1. The van der Waals surface area contributed by atoms with E-state index >= 15 is 0 Å². The van der Waals surface area contributed by atoms with Crippen LogP contribution >= 0.6 is 0 Å². The van der Waals surface area contributed by atoms with Gasteiger partial charge in [0.25, 0.3) is 5.91 Å². The molecule has 28 heavy (non-hydrogen) atoms. The Balaban J connectivity index is 1.51. The maximum Gasteiger partial charge on any atom is 0.254 e. The molecule has 0 fully saturated rings. The summed E-state index contributed by atoms with van der Waals surface area (Å²) in [6.07, 6.45) is 0. The molecule has 0 bridgehead atoms. The van der Waals surface area contributed by atoms with Crippen LogP contribution in [0.5, 0.6) is 11.5 Å². The summed E-state index contributed by atoms with van der Waals surface area (Å²) in [6.45, 7) is -0.363. The van der Waals surface area contributed by atoms with Crippen LogP contribution in [0.1, 0.15) is 10.4 Å². The number of ether oxygens (including phenoxy) is 1. The molecule has 3 aromatic rings. The van der Waals surface area contributed by atoms with Crippen molar-refractivity contribution in [3.05, 3.63) is 90.0 Å². The van der Waals surface area contributed by atoms with E-state index in [9.17, 15) is 18.4 Å². The molecule has 0 aliphatic rings. The third kappa shape index (κ3) is 5.14. The zero-order valence-electron chi connectivity index (χ0n) is 14.6. The number of hydrogen-bond acceptors (Lipinski definition) is 3. The van der Waals surface area contributed by atoms with Gasteiger partial charge in [-0.05, 0) is 48.5 Å². The number of halogens is 2. The zero-order valence-corrected chi connectivity index (χ0v) is 14.6. The van der Waals surface area contributed by atoms with Crippen molar-refractivity contribution in [1.29, 1.82) is 0 Å². The number of amides is 2. The van der Waals surface area contributed by atoms with Crippen molar-refractivity contribution >= 4 is 17.5 Å². The predicted octanol–water partition coefficient (Wildman–Crippen LogP) is 4.13. The molecule has 0 aromatic heterocycles. The molecule has 0 atom stereocenters. The normalized spacial score (nSPS) is 10.2. The number of carbonyl (C=O) groups is 2. The van der Waals surface area contributed by atoms with Gasteiger partial charge in [-0.3, -0.25) is 9.59 Å². The molecule has 2 N–H and O–H groups in total. The number of para-hydroxylation sites is 1. The average Bonchev–Trinajstić information content (AvgIpc) is 2.68. The fraction of sp³-hybridized carbons (Fsp3) is 0.0476. The van der Waals surface area contributed by atoms with Crippen molar-refractivity contribution in [2.45, 2.75) is 0 Å². The second-order valence-corrected chi connectivity index (χ2v) is 5.79. The van der Waals surface area contributed by atoms with Gasteiger partial charge < -0.3 is 15.4 Å².